The normalized spacial score (nSPS) is 15.3. The third kappa shape index (κ3) is 4.12. The number of rotatable bonds is 4. The molecule has 1 aliphatic heterocycles. The van der Waals surface area contributed by atoms with Crippen LogP contribution in [0.4, 0.5) is 0 Å². The number of nitrogens with zero attached hydrogens (tertiary/aromatic N) is 1. The van der Waals surface area contributed by atoms with Gasteiger partial charge in [-0.2, -0.15) is 5.01 Å². The first kappa shape index (κ1) is 18.9. The molecule has 0 spiro atoms. The number of carbonyl (C=O) groups is 2. The van der Waals surface area contributed by atoms with Crippen LogP contribution < -0.4 is 10.2 Å². The van der Waals surface area contributed by atoms with Crippen molar-refractivity contribution in [2.75, 3.05) is 7.11 Å². The molecule has 0 saturated carbocycles. The molecule has 138 valence electrons. The van der Waals surface area contributed by atoms with Gasteiger partial charge in [0.2, 0.25) is 0 Å². The van der Waals surface area contributed by atoms with Crippen LogP contribution in [0.5, 0.6) is 11.5 Å². The first-order valence-electron chi connectivity index (χ1n) is 7.91. The molecule has 0 aromatic heterocycles. The number of thiocarbonyl (C=S) groups is 1. The van der Waals surface area contributed by atoms with Gasteiger partial charge in [-0.05, 0) is 55.0 Å². The van der Waals surface area contributed by atoms with Gasteiger partial charge in [-0.1, -0.05) is 35.5 Å². The average molecular weight is 400 g/mol. The summed E-state index contributed by atoms with van der Waals surface area (Å²) >= 11 is 6.30. The van der Waals surface area contributed by atoms with Crippen LogP contribution in [0.1, 0.15) is 21.5 Å². The van der Waals surface area contributed by atoms with E-state index in [0.29, 0.717) is 21.8 Å². The Morgan fingerprint density at radius 3 is 2.63 bits per heavy atom. The van der Waals surface area contributed by atoms with E-state index in [0.717, 1.165) is 22.3 Å². The summed E-state index contributed by atoms with van der Waals surface area (Å²) in [5.41, 5.74) is 4.67. The lowest BCUT2D eigenvalue weighted by Gasteiger charge is -2.15. The van der Waals surface area contributed by atoms with Crippen molar-refractivity contribution in [2.24, 2.45) is 0 Å². The molecule has 1 fully saturated rings. The number of carbonyl (C=O) groups excluding carboxylic acids is 2. The first-order valence-corrected chi connectivity index (χ1v) is 9.14. The SMILES string of the molecule is COc1cc(/C=C2\SC(=S)N(NC(=O)c3ccc(C)cc3)C2=O)ccc1O. The van der Waals surface area contributed by atoms with Crippen LogP contribution in [-0.4, -0.2) is 33.4 Å². The van der Waals surface area contributed by atoms with Gasteiger partial charge in [-0.25, -0.2) is 0 Å². The number of hydrogen-bond donors (Lipinski definition) is 2. The van der Waals surface area contributed by atoms with E-state index in [4.69, 9.17) is 17.0 Å². The highest BCUT2D eigenvalue weighted by Gasteiger charge is 2.33. The summed E-state index contributed by atoms with van der Waals surface area (Å²) in [6, 6.07) is 11.7. The molecule has 0 atom stereocenters. The fraction of sp³-hybridized carbons (Fsp3) is 0.105. The fourth-order valence-corrected chi connectivity index (χ4v) is 3.55. The molecule has 0 unspecified atom stereocenters. The van der Waals surface area contributed by atoms with Crippen molar-refractivity contribution in [1.29, 1.82) is 0 Å². The maximum atomic E-state index is 12.6. The number of hydrogen-bond acceptors (Lipinski definition) is 6. The smallest absolute Gasteiger partial charge is 0.285 e. The van der Waals surface area contributed by atoms with Gasteiger partial charge in [0, 0.05) is 5.56 Å². The lowest BCUT2D eigenvalue weighted by atomic mass is 10.1. The highest BCUT2D eigenvalue weighted by Crippen LogP contribution is 2.33. The number of aryl methyl sites for hydroxylation is 1. The molecule has 0 aliphatic carbocycles. The zero-order valence-electron chi connectivity index (χ0n) is 14.6. The number of nitrogens with one attached hydrogen (secondary N) is 1. The first-order chi connectivity index (χ1) is 12.9. The Bertz CT molecular complexity index is 955. The summed E-state index contributed by atoms with van der Waals surface area (Å²) in [5, 5.41) is 10.7. The average Bonchev–Trinajstić information content (AvgIpc) is 2.91. The van der Waals surface area contributed by atoms with Crippen molar-refractivity contribution in [3.05, 3.63) is 64.1 Å². The summed E-state index contributed by atoms with van der Waals surface area (Å²) in [4.78, 5) is 25.3. The largest absolute Gasteiger partial charge is 0.504 e. The molecule has 1 heterocycles. The van der Waals surface area contributed by atoms with Gasteiger partial charge in [0.05, 0.1) is 12.0 Å². The van der Waals surface area contributed by atoms with E-state index < -0.39 is 11.8 Å². The van der Waals surface area contributed by atoms with Gasteiger partial charge in [-0.3, -0.25) is 15.0 Å². The number of hydrazine groups is 1. The Morgan fingerprint density at radius 2 is 1.96 bits per heavy atom. The van der Waals surface area contributed by atoms with Crippen molar-refractivity contribution in [3.63, 3.8) is 0 Å². The standard InChI is InChI=1S/C19H16N2O4S2/c1-11-3-6-13(7-4-11)17(23)20-21-18(24)16(27-19(21)26)10-12-5-8-14(22)15(9-12)25-2/h3-10,22H,1-2H3,(H,20,23)/b16-10-. The van der Waals surface area contributed by atoms with Gasteiger partial charge in [0.25, 0.3) is 11.8 Å². The minimum absolute atomic E-state index is 0.00700. The van der Waals surface area contributed by atoms with Gasteiger partial charge >= 0.3 is 0 Å². The monoisotopic (exact) mass is 400 g/mol. The van der Waals surface area contributed by atoms with Gasteiger partial charge in [0.1, 0.15) is 0 Å². The van der Waals surface area contributed by atoms with E-state index in [-0.39, 0.29) is 10.1 Å². The maximum absolute atomic E-state index is 12.6. The second-order valence-corrected chi connectivity index (χ2v) is 7.43. The van der Waals surface area contributed by atoms with Gasteiger partial charge < -0.3 is 9.84 Å². The van der Waals surface area contributed by atoms with Crippen LogP contribution in [0.25, 0.3) is 6.08 Å². The molecule has 0 bridgehead atoms. The molecule has 8 heteroatoms. The quantitative estimate of drug-likeness (QED) is 0.606. The number of phenols is 1. The number of ether oxygens (including phenoxy) is 1. The number of aromatic hydroxyl groups is 1. The second-order valence-electron chi connectivity index (χ2n) is 5.76. The van der Waals surface area contributed by atoms with Crippen LogP contribution in [-0.2, 0) is 4.79 Å². The number of thioether (sulfide) groups is 1. The predicted molar refractivity (Wildman–Crippen MR) is 108 cm³/mol. The molecule has 2 amide bonds. The van der Waals surface area contributed by atoms with E-state index in [9.17, 15) is 14.7 Å². The van der Waals surface area contributed by atoms with Crippen LogP contribution in [0, 0.1) is 6.92 Å². The Balaban J connectivity index is 1.78. The number of methoxy groups -OCH3 is 1. The van der Waals surface area contributed by atoms with Crippen molar-refractivity contribution < 1.29 is 19.4 Å². The molecular formula is C19H16N2O4S2. The van der Waals surface area contributed by atoms with Crippen molar-refractivity contribution in [1.82, 2.24) is 10.4 Å². The van der Waals surface area contributed by atoms with Crippen molar-refractivity contribution in [2.45, 2.75) is 6.92 Å². The Labute approximate surface area is 165 Å². The minimum atomic E-state index is -0.419. The Kier molecular flexibility index (Phi) is 5.48. The summed E-state index contributed by atoms with van der Waals surface area (Å²) in [6.45, 7) is 1.92. The summed E-state index contributed by atoms with van der Waals surface area (Å²) in [7, 11) is 1.44. The summed E-state index contributed by atoms with van der Waals surface area (Å²) < 4.78 is 5.30. The van der Waals surface area contributed by atoms with Crippen molar-refractivity contribution in [3.8, 4) is 11.5 Å². The number of amides is 2. The molecule has 1 saturated heterocycles. The molecule has 2 N–H and O–H groups in total. The minimum Gasteiger partial charge on any atom is -0.504 e. The molecule has 1 aliphatic rings. The second kappa shape index (κ2) is 7.81. The lowest BCUT2D eigenvalue weighted by Crippen LogP contribution is -2.44. The van der Waals surface area contributed by atoms with E-state index in [2.05, 4.69) is 5.43 Å². The third-order valence-electron chi connectivity index (χ3n) is 3.82. The van der Waals surface area contributed by atoms with Crippen molar-refractivity contribution >= 4 is 46.2 Å². The number of phenolic OH excluding ortho intramolecular Hbond substituents is 1. The van der Waals surface area contributed by atoms with E-state index in [1.807, 2.05) is 19.1 Å². The Morgan fingerprint density at radius 1 is 1.26 bits per heavy atom. The van der Waals surface area contributed by atoms with Crippen LogP contribution in [0.3, 0.4) is 0 Å². The fourth-order valence-electron chi connectivity index (χ4n) is 2.37. The van der Waals surface area contributed by atoms with Crippen LogP contribution >= 0.6 is 24.0 Å². The summed E-state index contributed by atoms with van der Waals surface area (Å²) in [6.07, 6.45) is 1.62. The number of benzene rings is 2. The maximum Gasteiger partial charge on any atom is 0.285 e. The van der Waals surface area contributed by atoms with Gasteiger partial charge in [-0.15, -0.1) is 0 Å². The van der Waals surface area contributed by atoms with Crippen LogP contribution in [0.15, 0.2) is 47.4 Å². The Hall–Kier alpha value is -2.84. The zero-order valence-corrected chi connectivity index (χ0v) is 16.2. The lowest BCUT2D eigenvalue weighted by molar-refractivity contribution is -0.123. The molecule has 3 rings (SSSR count). The topological polar surface area (TPSA) is 78.9 Å². The predicted octanol–water partition coefficient (Wildman–Crippen LogP) is 3.26. The van der Waals surface area contributed by atoms with Crippen LogP contribution in [0.2, 0.25) is 0 Å². The highest BCUT2D eigenvalue weighted by molar-refractivity contribution is 8.26. The molecule has 2 aromatic carbocycles. The molecule has 27 heavy (non-hydrogen) atoms. The molecule has 2 aromatic rings. The zero-order chi connectivity index (χ0) is 19.6. The van der Waals surface area contributed by atoms with E-state index >= 15 is 0 Å². The third-order valence-corrected chi connectivity index (χ3v) is 5.12. The van der Waals surface area contributed by atoms with Gasteiger partial charge in [0.15, 0.2) is 15.8 Å². The molecular weight excluding hydrogens is 384 g/mol. The highest BCUT2D eigenvalue weighted by atomic mass is 32.2. The molecule has 6 nitrogen and oxygen atoms in total. The molecule has 0 radical (unpaired) electrons. The van der Waals surface area contributed by atoms with E-state index in [1.165, 1.54) is 13.2 Å². The van der Waals surface area contributed by atoms with E-state index in [1.54, 1.807) is 30.3 Å². The summed E-state index contributed by atoms with van der Waals surface area (Å²) in [5.74, 6) is -0.532.